The molecule has 2 rings (SSSR count). The minimum Gasteiger partial charge on any atom is -0.322 e. The van der Waals surface area contributed by atoms with E-state index in [9.17, 15) is 8.42 Å². The highest BCUT2D eigenvalue weighted by atomic mass is 32.2. The van der Waals surface area contributed by atoms with Crippen molar-refractivity contribution in [1.29, 1.82) is 0 Å². The van der Waals surface area contributed by atoms with Gasteiger partial charge in [0.25, 0.3) is 0 Å². The van der Waals surface area contributed by atoms with E-state index in [-0.39, 0.29) is 6.04 Å². The fourth-order valence-corrected chi connectivity index (χ4v) is 2.67. The van der Waals surface area contributed by atoms with Crippen LogP contribution in [0.4, 0.5) is 5.69 Å². The average molecular weight is 299 g/mol. The van der Waals surface area contributed by atoms with Gasteiger partial charge in [-0.1, -0.05) is 12.1 Å². The van der Waals surface area contributed by atoms with E-state index in [0.717, 1.165) is 11.3 Å². The molecule has 1 aromatic carbocycles. The van der Waals surface area contributed by atoms with Crippen LogP contribution in [0.1, 0.15) is 17.3 Å². The second kappa shape index (κ2) is 5.66. The molecule has 1 atom stereocenters. The van der Waals surface area contributed by atoms with Gasteiger partial charge in [0.1, 0.15) is 0 Å². The molecule has 8 heteroatoms. The third-order valence-corrected chi connectivity index (χ3v) is 3.59. The van der Waals surface area contributed by atoms with Crippen molar-refractivity contribution in [2.24, 2.45) is 5.73 Å². The first-order valence-corrected chi connectivity index (χ1v) is 7.80. The lowest BCUT2D eigenvalue weighted by Gasteiger charge is -2.09. The van der Waals surface area contributed by atoms with Crippen molar-refractivity contribution >= 4 is 27.3 Å². The summed E-state index contributed by atoms with van der Waals surface area (Å²) in [7, 11) is -4.23. The van der Waals surface area contributed by atoms with Gasteiger partial charge in [0, 0.05) is 5.38 Å². The first kappa shape index (κ1) is 13.9. The lowest BCUT2D eigenvalue weighted by Crippen LogP contribution is -2.14. The van der Waals surface area contributed by atoms with Crippen LogP contribution >= 0.6 is 11.3 Å². The zero-order valence-corrected chi connectivity index (χ0v) is 11.5. The molecule has 0 unspecified atom stereocenters. The van der Waals surface area contributed by atoms with Gasteiger partial charge in [-0.3, -0.25) is 9.27 Å². The van der Waals surface area contributed by atoms with Crippen LogP contribution in [0.2, 0.25) is 0 Å². The summed E-state index contributed by atoms with van der Waals surface area (Å²) in [6.45, 7) is 0. The number of nitrogens with one attached hydrogen (secondary N) is 1. The van der Waals surface area contributed by atoms with E-state index in [2.05, 4.69) is 4.98 Å². The number of nitrogens with zero attached hydrogens (tertiary/aromatic N) is 1. The topological polar surface area (TPSA) is 105 Å². The molecule has 0 bridgehead atoms. The van der Waals surface area contributed by atoms with Gasteiger partial charge in [0.2, 0.25) is 0 Å². The molecule has 0 aliphatic rings. The van der Waals surface area contributed by atoms with Gasteiger partial charge in [0.15, 0.2) is 0 Å². The SMILES string of the molecule is N[C@@H](Cc1ccc(NS(=O)(=O)O)cc1)c1cscn1. The Labute approximate surface area is 115 Å². The molecule has 2 aromatic rings. The Kier molecular flexibility index (Phi) is 4.15. The molecule has 0 fully saturated rings. The minimum atomic E-state index is -4.23. The summed E-state index contributed by atoms with van der Waals surface area (Å²) < 4.78 is 31.9. The molecular weight excluding hydrogens is 286 g/mol. The summed E-state index contributed by atoms with van der Waals surface area (Å²) in [5.74, 6) is 0. The van der Waals surface area contributed by atoms with E-state index in [0.29, 0.717) is 12.1 Å². The molecule has 0 amide bonds. The molecule has 0 aliphatic carbocycles. The molecule has 102 valence electrons. The maximum atomic E-state index is 10.6. The van der Waals surface area contributed by atoms with Crippen molar-refractivity contribution < 1.29 is 13.0 Å². The average Bonchev–Trinajstić information content (AvgIpc) is 2.83. The lowest BCUT2D eigenvalue weighted by atomic mass is 10.0. The van der Waals surface area contributed by atoms with Crippen LogP contribution in [0.5, 0.6) is 0 Å². The Morgan fingerprint density at radius 2 is 2.05 bits per heavy atom. The molecule has 19 heavy (non-hydrogen) atoms. The summed E-state index contributed by atoms with van der Waals surface area (Å²) in [6, 6.07) is 6.44. The molecular formula is C11H13N3O3S2. The molecule has 0 spiro atoms. The number of benzene rings is 1. The van der Waals surface area contributed by atoms with Crippen molar-refractivity contribution in [2.45, 2.75) is 12.5 Å². The monoisotopic (exact) mass is 299 g/mol. The molecule has 4 N–H and O–H groups in total. The highest BCUT2D eigenvalue weighted by molar-refractivity contribution is 7.87. The van der Waals surface area contributed by atoms with Crippen LogP contribution in [0.25, 0.3) is 0 Å². The first-order chi connectivity index (χ1) is 8.94. The highest BCUT2D eigenvalue weighted by Gasteiger charge is 2.09. The van der Waals surface area contributed by atoms with E-state index in [1.807, 2.05) is 10.1 Å². The predicted molar refractivity (Wildman–Crippen MR) is 74.4 cm³/mol. The van der Waals surface area contributed by atoms with Crippen LogP contribution in [-0.4, -0.2) is 18.0 Å². The maximum Gasteiger partial charge on any atom is 0.357 e. The number of rotatable bonds is 5. The van der Waals surface area contributed by atoms with Crippen molar-refractivity contribution in [3.63, 3.8) is 0 Å². The Morgan fingerprint density at radius 3 is 2.58 bits per heavy atom. The lowest BCUT2D eigenvalue weighted by molar-refractivity contribution is 0.489. The smallest absolute Gasteiger partial charge is 0.322 e. The third-order valence-electron chi connectivity index (χ3n) is 2.49. The fraction of sp³-hybridized carbons (Fsp3) is 0.182. The van der Waals surface area contributed by atoms with Gasteiger partial charge >= 0.3 is 10.3 Å². The normalized spacial score (nSPS) is 13.2. The number of aromatic nitrogens is 1. The highest BCUT2D eigenvalue weighted by Crippen LogP contribution is 2.18. The molecule has 1 heterocycles. The van der Waals surface area contributed by atoms with Crippen LogP contribution in [0, 0.1) is 0 Å². The van der Waals surface area contributed by atoms with E-state index in [4.69, 9.17) is 10.3 Å². The molecule has 1 aromatic heterocycles. The van der Waals surface area contributed by atoms with Gasteiger partial charge in [0.05, 0.1) is 22.9 Å². The zero-order chi connectivity index (χ0) is 13.9. The van der Waals surface area contributed by atoms with Crippen LogP contribution in [0.3, 0.4) is 0 Å². The molecule has 0 aliphatic heterocycles. The summed E-state index contributed by atoms with van der Waals surface area (Å²) in [4.78, 5) is 4.15. The Hall–Kier alpha value is -1.48. The molecule has 6 nitrogen and oxygen atoms in total. The maximum absolute atomic E-state index is 10.6. The summed E-state index contributed by atoms with van der Waals surface area (Å²) >= 11 is 1.49. The Morgan fingerprint density at radius 1 is 1.37 bits per heavy atom. The fourth-order valence-electron chi connectivity index (χ4n) is 1.62. The quantitative estimate of drug-likeness (QED) is 0.727. The number of hydrogen-bond donors (Lipinski definition) is 3. The van der Waals surface area contributed by atoms with Gasteiger partial charge in [-0.2, -0.15) is 8.42 Å². The number of hydrogen-bond acceptors (Lipinski definition) is 5. The first-order valence-electron chi connectivity index (χ1n) is 5.42. The Bertz CT molecular complexity index is 624. The number of thiazole rings is 1. The summed E-state index contributed by atoms with van der Waals surface area (Å²) in [5, 5.41) is 1.90. The van der Waals surface area contributed by atoms with E-state index in [1.54, 1.807) is 29.8 Å². The number of anilines is 1. The predicted octanol–water partition coefficient (Wildman–Crippen LogP) is 1.60. The minimum absolute atomic E-state index is 0.188. The largest absolute Gasteiger partial charge is 0.357 e. The van der Waals surface area contributed by atoms with E-state index < -0.39 is 10.3 Å². The molecule has 0 saturated heterocycles. The van der Waals surface area contributed by atoms with Crippen molar-refractivity contribution in [3.8, 4) is 0 Å². The van der Waals surface area contributed by atoms with Gasteiger partial charge in [-0.15, -0.1) is 11.3 Å². The van der Waals surface area contributed by atoms with E-state index in [1.165, 1.54) is 11.3 Å². The summed E-state index contributed by atoms with van der Waals surface area (Å²) in [6.07, 6.45) is 0.607. The van der Waals surface area contributed by atoms with Crippen molar-refractivity contribution in [2.75, 3.05) is 4.72 Å². The second-order valence-corrected chi connectivity index (χ2v) is 5.87. The van der Waals surface area contributed by atoms with Crippen LogP contribution < -0.4 is 10.5 Å². The second-order valence-electron chi connectivity index (χ2n) is 4.00. The molecule has 0 saturated carbocycles. The van der Waals surface area contributed by atoms with Gasteiger partial charge < -0.3 is 5.73 Å². The number of nitrogens with two attached hydrogens (primary N) is 1. The summed E-state index contributed by atoms with van der Waals surface area (Å²) in [5.41, 5.74) is 9.83. The van der Waals surface area contributed by atoms with E-state index >= 15 is 0 Å². The van der Waals surface area contributed by atoms with Crippen molar-refractivity contribution in [3.05, 3.63) is 46.4 Å². The molecule has 0 radical (unpaired) electrons. The van der Waals surface area contributed by atoms with Crippen molar-refractivity contribution in [1.82, 2.24) is 4.98 Å². The van der Waals surface area contributed by atoms with Gasteiger partial charge in [-0.25, -0.2) is 4.98 Å². The third kappa shape index (κ3) is 4.28. The standard InChI is InChI=1S/C11H13N3O3S2/c12-10(11-6-18-7-13-11)5-8-1-3-9(4-2-8)14-19(15,16)17/h1-4,6-7,10,14H,5,12H2,(H,15,16,17)/t10-/m0/s1. The van der Waals surface area contributed by atoms with Gasteiger partial charge in [-0.05, 0) is 24.1 Å². The van der Waals surface area contributed by atoms with Crippen LogP contribution in [-0.2, 0) is 16.7 Å². The van der Waals surface area contributed by atoms with Crippen LogP contribution in [0.15, 0.2) is 35.2 Å². The zero-order valence-electron chi connectivity index (χ0n) is 9.85. The Balaban J connectivity index is 2.03.